The molecule has 15 rings (SSSR count). The molecule has 0 saturated heterocycles. The molecule has 0 aromatic heterocycles. The highest BCUT2D eigenvalue weighted by molar-refractivity contribution is 5.00. The van der Waals surface area contributed by atoms with Gasteiger partial charge in [-0.2, -0.15) is 0 Å². The third-order valence-corrected chi connectivity index (χ3v) is 27.4. The second-order valence-corrected chi connectivity index (χ2v) is 34.2. The topological polar surface area (TPSA) is 0 Å². The van der Waals surface area contributed by atoms with Gasteiger partial charge in [0.25, 0.3) is 5.92 Å². The van der Waals surface area contributed by atoms with Crippen LogP contribution in [0, 0.1) is 123 Å². The molecule has 0 aliphatic heterocycles. The summed E-state index contributed by atoms with van der Waals surface area (Å²) in [6, 6.07) is 0. The highest BCUT2D eigenvalue weighted by Gasteiger charge is 2.52. The summed E-state index contributed by atoms with van der Waals surface area (Å²) in [5, 5.41) is 0. The average Bonchev–Trinajstić information content (AvgIpc) is 4.40. The van der Waals surface area contributed by atoms with E-state index in [1.165, 1.54) is 104 Å². The summed E-state index contributed by atoms with van der Waals surface area (Å²) >= 11 is 0. The second-order valence-electron chi connectivity index (χ2n) is 34.2. The monoisotopic (exact) mass is 1150 g/mol. The van der Waals surface area contributed by atoms with Crippen molar-refractivity contribution < 1.29 is 26.3 Å². The molecule has 0 aromatic rings. The number of rotatable bonds is 0. The van der Waals surface area contributed by atoms with Gasteiger partial charge in [-0.05, 0) is 291 Å². The van der Waals surface area contributed by atoms with Crippen LogP contribution in [0.15, 0.2) is 0 Å². The molecule has 0 aromatic carbocycles. The van der Waals surface area contributed by atoms with Crippen LogP contribution in [0.5, 0.6) is 0 Å². The lowest BCUT2D eigenvalue weighted by Gasteiger charge is -2.40. The van der Waals surface area contributed by atoms with E-state index in [0.717, 1.165) is 126 Å². The molecule has 15 saturated carbocycles. The van der Waals surface area contributed by atoms with Gasteiger partial charge in [-0.1, -0.05) is 135 Å². The standard InChI is InChI=1S/C10H18.3C9H16.C8H13F3.C8H14.C8H16.C7H12F2.C7H13F/c1-7-8-4-5-9(6-8)10(7,2)3;1-7-5-8-3-4-9(7,2)6-8;1-6-7(2)9-4-3-8(6)5-9;1-7-6-8-2-4-9(7)5-3-8;1-6-7(2,9)4-3-5-8(6,10)11;1-6-4-7-2-3-8(6)5-7;1-8(2)6-4-3-5-7-8;1-6-2-4-7(8,9)5-3-6;1-6-2-4-7(8)5-3-6/h7-9H,4-6H2,1-3H3;7-8H,3-6H2,1-2H3;6-9H,3-5H2,1-2H3;7-9H,2-6H2,1H3;6H,3-5H2,1-2H3;6-8H,2-5H2,1H3;3-7H2,1-2H3;6H,2-5H2,1H3;6-7H,2-5H2,1H3/t2*7-,8?,9?;6-,7?,8?,9?;7-,8?,9?;6-,7?;6-,7?,8?;;;/m100010.../s1. The van der Waals surface area contributed by atoms with Gasteiger partial charge in [0.2, 0.25) is 5.92 Å². The molecule has 10 unspecified atom stereocenters. The molecular formula is C75H134F6. The van der Waals surface area contributed by atoms with Crippen LogP contribution in [0.4, 0.5) is 26.3 Å². The zero-order valence-corrected chi connectivity index (χ0v) is 56.0. The fourth-order valence-electron chi connectivity index (χ4n) is 19.6. The summed E-state index contributed by atoms with van der Waals surface area (Å²) < 4.78 is 76.1. The molecule has 6 heteroatoms. The lowest BCUT2D eigenvalue weighted by molar-refractivity contribution is -0.139. The van der Waals surface area contributed by atoms with Crippen molar-refractivity contribution in [2.45, 2.75) is 352 Å². The van der Waals surface area contributed by atoms with Crippen molar-refractivity contribution in [1.29, 1.82) is 0 Å². The number of fused-ring (bicyclic) bond motifs is 11. The molecule has 476 valence electrons. The van der Waals surface area contributed by atoms with Crippen LogP contribution in [0.1, 0.15) is 329 Å². The molecule has 0 amide bonds. The Kier molecular flexibility index (Phi) is 26.0. The Morgan fingerprint density at radius 3 is 1.17 bits per heavy atom. The number of alkyl halides is 6. The van der Waals surface area contributed by atoms with E-state index in [9.17, 15) is 26.3 Å². The Morgan fingerprint density at radius 2 is 0.889 bits per heavy atom. The van der Waals surface area contributed by atoms with E-state index in [2.05, 4.69) is 83.1 Å². The SMILES string of the molecule is CC1(C)CCCCC1.CC1C2CCC(C2)[C@H]1C.CC1CCC(F)(F)CC1.CC1CCC(F)CC1.C[C@@H]1C(C)(F)CCCC1(F)F.C[C@@H]1C2CCC(C2)C1(C)C.C[C@H]1CC2CCC1(C)C2.C[C@H]1CC2CCC1C2.C[C@H]1CC2CCC1CC2. The molecule has 15 aliphatic rings. The van der Waals surface area contributed by atoms with Gasteiger partial charge in [-0.25, -0.2) is 26.3 Å². The Morgan fingerprint density at radius 1 is 0.370 bits per heavy atom. The number of halogens is 6. The van der Waals surface area contributed by atoms with Gasteiger partial charge in [0.1, 0.15) is 11.8 Å². The maximum atomic E-state index is 13.3. The second kappa shape index (κ2) is 30.2. The summed E-state index contributed by atoms with van der Waals surface area (Å²) in [7, 11) is 0. The first-order valence-corrected chi connectivity index (χ1v) is 35.9. The molecule has 15 fully saturated rings. The van der Waals surface area contributed by atoms with E-state index < -0.39 is 29.6 Å². The van der Waals surface area contributed by atoms with E-state index in [4.69, 9.17) is 0 Å². The van der Waals surface area contributed by atoms with E-state index in [1.54, 1.807) is 64.2 Å². The molecule has 10 bridgehead atoms. The van der Waals surface area contributed by atoms with Crippen molar-refractivity contribution in [3.63, 3.8) is 0 Å². The van der Waals surface area contributed by atoms with Crippen LogP contribution >= 0.6 is 0 Å². The normalized spacial score (nSPS) is 45.3. The first-order chi connectivity index (χ1) is 37.8. The third kappa shape index (κ3) is 20.3. The van der Waals surface area contributed by atoms with Crippen LogP contribution < -0.4 is 0 Å². The lowest BCUT2D eigenvalue weighted by atomic mass is 9.65. The van der Waals surface area contributed by atoms with E-state index in [0.29, 0.717) is 36.0 Å². The van der Waals surface area contributed by atoms with Gasteiger partial charge < -0.3 is 0 Å². The van der Waals surface area contributed by atoms with Crippen LogP contribution in [0.3, 0.4) is 0 Å². The molecule has 81 heavy (non-hydrogen) atoms. The van der Waals surface area contributed by atoms with Crippen LogP contribution in [0.25, 0.3) is 0 Å². The van der Waals surface area contributed by atoms with Gasteiger partial charge in [-0.15, -0.1) is 0 Å². The van der Waals surface area contributed by atoms with Crippen molar-refractivity contribution in [2.75, 3.05) is 0 Å². The van der Waals surface area contributed by atoms with Gasteiger partial charge in [0.15, 0.2) is 0 Å². The molecule has 15 aliphatic carbocycles. The van der Waals surface area contributed by atoms with Crippen molar-refractivity contribution in [3.8, 4) is 0 Å². The van der Waals surface area contributed by atoms with Gasteiger partial charge in [0.05, 0.1) is 5.92 Å². The fraction of sp³-hybridized carbons (Fsp3) is 1.00. The zero-order chi connectivity index (χ0) is 59.7. The first kappa shape index (κ1) is 69.7. The summed E-state index contributed by atoms with van der Waals surface area (Å²) in [6.07, 6.45) is 41.9. The quantitative estimate of drug-likeness (QED) is 0.212. The first-order valence-electron chi connectivity index (χ1n) is 35.9. The minimum Gasteiger partial charge on any atom is -0.247 e. The number of hydrogen-bond donors (Lipinski definition) is 0. The number of hydrogen-bond acceptors (Lipinski definition) is 0. The van der Waals surface area contributed by atoms with E-state index in [1.807, 2.05) is 6.92 Å². The van der Waals surface area contributed by atoms with Crippen LogP contribution in [-0.4, -0.2) is 23.7 Å². The zero-order valence-electron chi connectivity index (χ0n) is 56.0. The van der Waals surface area contributed by atoms with Crippen molar-refractivity contribution in [3.05, 3.63) is 0 Å². The van der Waals surface area contributed by atoms with E-state index in [-0.39, 0.29) is 25.7 Å². The average molecular weight is 1150 g/mol. The molecule has 0 radical (unpaired) electrons. The maximum absolute atomic E-state index is 13.3. The van der Waals surface area contributed by atoms with Gasteiger partial charge in [0, 0.05) is 19.3 Å². The molecule has 0 N–H and O–H groups in total. The maximum Gasteiger partial charge on any atom is 0.253 e. The molecule has 16 atom stereocenters. The molecule has 0 nitrogen and oxygen atoms in total. The minimum atomic E-state index is -2.80. The Labute approximate surface area is 499 Å². The van der Waals surface area contributed by atoms with E-state index >= 15 is 0 Å². The lowest BCUT2D eigenvalue weighted by Crippen LogP contribution is -2.44. The van der Waals surface area contributed by atoms with Crippen LogP contribution in [-0.2, 0) is 0 Å². The summed E-state index contributed by atoms with van der Waals surface area (Å²) in [4.78, 5) is 0. The highest BCUT2D eigenvalue weighted by Crippen LogP contribution is 2.59. The Balaban J connectivity index is 0.000000147. The summed E-state index contributed by atoms with van der Waals surface area (Å²) in [6.45, 7) is 33.6. The smallest absolute Gasteiger partial charge is 0.247 e. The minimum absolute atomic E-state index is 0.105. The van der Waals surface area contributed by atoms with Crippen molar-refractivity contribution >= 4 is 0 Å². The molecular weight excluding hydrogens is 1010 g/mol. The Bertz CT molecular complexity index is 1720. The van der Waals surface area contributed by atoms with Crippen molar-refractivity contribution in [1.82, 2.24) is 0 Å². The van der Waals surface area contributed by atoms with Gasteiger partial charge >= 0.3 is 0 Å². The Hall–Kier alpha value is -0.420. The third-order valence-electron chi connectivity index (χ3n) is 27.4. The van der Waals surface area contributed by atoms with Crippen LogP contribution in [0.2, 0.25) is 0 Å². The predicted molar refractivity (Wildman–Crippen MR) is 335 cm³/mol. The summed E-state index contributed by atoms with van der Waals surface area (Å²) in [5.74, 6) is 11.3. The largest absolute Gasteiger partial charge is 0.253 e. The fourth-order valence-corrected chi connectivity index (χ4v) is 19.6. The molecule has 0 spiro atoms. The van der Waals surface area contributed by atoms with Crippen molar-refractivity contribution in [2.24, 2.45) is 123 Å². The summed E-state index contributed by atoms with van der Waals surface area (Å²) in [5.41, 5.74) is 0.438. The predicted octanol–water partition coefficient (Wildman–Crippen LogP) is 25.4. The molecule has 0 heterocycles. The highest BCUT2D eigenvalue weighted by atomic mass is 19.3. The van der Waals surface area contributed by atoms with Gasteiger partial charge in [-0.3, -0.25) is 0 Å².